The zero-order valence-electron chi connectivity index (χ0n) is 10.8. The molecule has 1 N–H and O–H groups in total. The highest BCUT2D eigenvalue weighted by Crippen LogP contribution is 2.26. The number of carbonyl (C=O) groups excluding carboxylic acids is 1. The second-order valence-corrected chi connectivity index (χ2v) is 4.24. The Morgan fingerprint density at radius 2 is 2.17 bits per heavy atom. The second kappa shape index (κ2) is 6.35. The molecule has 1 rings (SSSR count). The Bertz CT molecular complexity index is 419. The number of rotatable bonds is 5. The fourth-order valence-corrected chi connectivity index (χ4v) is 1.45. The second-order valence-electron chi connectivity index (χ2n) is 4.24. The van der Waals surface area contributed by atoms with Gasteiger partial charge in [-0.15, -0.1) is 0 Å². The number of ether oxygens (including phenoxy) is 1. The number of amides is 1. The average Bonchev–Trinajstić information content (AvgIpc) is 2.30. The molecule has 0 heterocycles. The molecule has 0 fully saturated rings. The standard InChI is InChI=1S/C13H18FNO3/c1-9(16)11-8-10(14)4-5-12(11)18-7-6-13(17)15(2)3/h4-5,8-9,16H,6-7H2,1-3H3. The predicted octanol–water partition coefficient (Wildman–Crippen LogP) is 1.74. The lowest BCUT2D eigenvalue weighted by molar-refractivity contribution is -0.129. The fraction of sp³-hybridized carbons (Fsp3) is 0.462. The molecule has 0 aliphatic carbocycles. The number of benzene rings is 1. The van der Waals surface area contributed by atoms with E-state index in [2.05, 4.69) is 0 Å². The van der Waals surface area contributed by atoms with Gasteiger partial charge in [-0.1, -0.05) is 0 Å². The lowest BCUT2D eigenvalue weighted by Crippen LogP contribution is -2.23. The van der Waals surface area contributed by atoms with Crippen LogP contribution in [0.25, 0.3) is 0 Å². The quantitative estimate of drug-likeness (QED) is 0.871. The number of nitrogens with zero attached hydrogens (tertiary/aromatic N) is 1. The van der Waals surface area contributed by atoms with Gasteiger partial charge in [-0.05, 0) is 25.1 Å². The van der Waals surface area contributed by atoms with Crippen molar-refractivity contribution in [1.29, 1.82) is 0 Å². The Morgan fingerprint density at radius 3 is 2.72 bits per heavy atom. The lowest BCUT2D eigenvalue weighted by atomic mass is 10.1. The highest BCUT2D eigenvalue weighted by molar-refractivity contribution is 5.75. The molecule has 18 heavy (non-hydrogen) atoms. The van der Waals surface area contributed by atoms with Gasteiger partial charge >= 0.3 is 0 Å². The van der Waals surface area contributed by atoms with E-state index in [0.717, 1.165) is 0 Å². The number of hydrogen-bond donors (Lipinski definition) is 1. The Morgan fingerprint density at radius 1 is 1.50 bits per heavy atom. The molecule has 0 spiro atoms. The molecular formula is C13H18FNO3. The van der Waals surface area contributed by atoms with Crippen LogP contribution in [-0.2, 0) is 4.79 Å². The molecule has 1 amide bonds. The Labute approximate surface area is 106 Å². The van der Waals surface area contributed by atoms with Crippen molar-refractivity contribution in [3.8, 4) is 5.75 Å². The van der Waals surface area contributed by atoms with Crippen molar-refractivity contribution in [2.24, 2.45) is 0 Å². The van der Waals surface area contributed by atoms with E-state index in [1.165, 1.54) is 30.0 Å². The van der Waals surface area contributed by atoms with Crippen LogP contribution in [0.5, 0.6) is 5.75 Å². The van der Waals surface area contributed by atoms with E-state index in [1.54, 1.807) is 14.1 Å². The normalized spacial score (nSPS) is 12.1. The summed E-state index contributed by atoms with van der Waals surface area (Å²) in [6.07, 6.45) is -0.580. The van der Waals surface area contributed by atoms with Gasteiger partial charge in [-0.3, -0.25) is 4.79 Å². The van der Waals surface area contributed by atoms with Crippen molar-refractivity contribution in [3.05, 3.63) is 29.6 Å². The Balaban J connectivity index is 2.65. The first kappa shape index (κ1) is 14.4. The molecular weight excluding hydrogens is 237 g/mol. The van der Waals surface area contributed by atoms with Gasteiger partial charge < -0.3 is 14.7 Å². The summed E-state index contributed by atoms with van der Waals surface area (Å²) in [5.41, 5.74) is 0.382. The summed E-state index contributed by atoms with van der Waals surface area (Å²) in [7, 11) is 3.34. The Hall–Kier alpha value is -1.62. The van der Waals surface area contributed by atoms with Crippen molar-refractivity contribution < 1.29 is 19.0 Å². The summed E-state index contributed by atoms with van der Waals surface area (Å²) in [5.74, 6) is -0.0729. The summed E-state index contributed by atoms with van der Waals surface area (Å²) >= 11 is 0. The summed E-state index contributed by atoms with van der Waals surface area (Å²) in [6.45, 7) is 1.73. The number of halogens is 1. The van der Waals surface area contributed by atoms with Crippen LogP contribution in [0.15, 0.2) is 18.2 Å². The van der Waals surface area contributed by atoms with Crippen LogP contribution in [-0.4, -0.2) is 36.6 Å². The first-order chi connectivity index (χ1) is 8.41. The minimum Gasteiger partial charge on any atom is -0.493 e. The minimum absolute atomic E-state index is 0.0456. The van der Waals surface area contributed by atoms with Gasteiger partial charge in [0, 0.05) is 19.7 Å². The summed E-state index contributed by atoms with van der Waals surface area (Å²) in [5, 5.41) is 9.50. The maximum absolute atomic E-state index is 13.0. The topological polar surface area (TPSA) is 49.8 Å². The number of carbonyl (C=O) groups is 1. The van der Waals surface area contributed by atoms with Crippen LogP contribution in [0.2, 0.25) is 0 Å². The molecule has 0 aromatic heterocycles. The molecule has 0 saturated heterocycles. The van der Waals surface area contributed by atoms with Crippen molar-refractivity contribution >= 4 is 5.91 Å². The van der Waals surface area contributed by atoms with Crippen LogP contribution in [0.4, 0.5) is 4.39 Å². The molecule has 0 aliphatic heterocycles. The maximum atomic E-state index is 13.0. The van der Waals surface area contributed by atoms with Gasteiger partial charge in [0.25, 0.3) is 0 Å². The minimum atomic E-state index is -0.819. The zero-order chi connectivity index (χ0) is 13.7. The van der Waals surface area contributed by atoms with Crippen molar-refractivity contribution in [2.45, 2.75) is 19.4 Å². The van der Waals surface area contributed by atoms with Gasteiger partial charge in [0.1, 0.15) is 11.6 Å². The van der Waals surface area contributed by atoms with Crippen LogP contribution in [0.3, 0.4) is 0 Å². The third kappa shape index (κ3) is 4.00. The average molecular weight is 255 g/mol. The van der Waals surface area contributed by atoms with Crippen LogP contribution in [0.1, 0.15) is 25.0 Å². The van der Waals surface area contributed by atoms with Gasteiger partial charge in [-0.25, -0.2) is 4.39 Å². The van der Waals surface area contributed by atoms with E-state index in [9.17, 15) is 14.3 Å². The molecule has 0 bridgehead atoms. The van der Waals surface area contributed by atoms with Gasteiger partial charge in [-0.2, -0.15) is 0 Å². The smallest absolute Gasteiger partial charge is 0.225 e. The molecule has 5 heteroatoms. The van der Waals surface area contributed by atoms with Crippen molar-refractivity contribution in [2.75, 3.05) is 20.7 Å². The highest BCUT2D eigenvalue weighted by atomic mass is 19.1. The lowest BCUT2D eigenvalue weighted by Gasteiger charge is -2.14. The van der Waals surface area contributed by atoms with Gasteiger partial charge in [0.2, 0.25) is 5.91 Å². The largest absolute Gasteiger partial charge is 0.493 e. The molecule has 0 aliphatic rings. The van der Waals surface area contributed by atoms with Crippen LogP contribution < -0.4 is 4.74 Å². The highest BCUT2D eigenvalue weighted by Gasteiger charge is 2.11. The summed E-state index contributed by atoms with van der Waals surface area (Å²) in [4.78, 5) is 12.8. The predicted molar refractivity (Wildman–Crippen MR) is 65.8 cm³/mol. The number of hydrogen-bond acceptors (Lipinski definition) is 3. The van der Waals surface area contributed by atoms with E-state index in [4.69, 9.17) is 4.74 Å². The van der Waals surface area contributed by atoms with E-state index in [1.807, 2.05) is 0 Å². The maximum Gasteiger partial charge on any atom is 0.225 e. The van der Waals surface area contributed by atoms with Crippen molar-refractivity contribution in [3.63, 3.8) is 0 Å². The third-order valence-electron chi connectivity index (χ3n) is 2.49. The van der Waals surface area contributed by atoms with Gasteiger partial charge in [0.15, 0.2) is 0 Å². The first-order valence-corrected chi connectivity index (χ1v) is 5.72. The molecule has 4 nitrogen and oxygen atoms in total. The number of aliphatic hydroxyl groups excluding tert-OH is 1. The summed E-state index contributed by atoms with van der Waals surface area (Å²) < 4.78 is 18.4. The zero-order valence-corrected chi connectivity index (χ0v) is 10.8. The number of aliphatic hydroxyl groups is 1. The first-order valence-electron chi connectivity index (χ1n) is 5.72. The molecule has 100 valence electrons. The van der Waals surface area contributed by atoms with E-state index < -0.39 is 11.9 Å². The van der Waals surface area contributed by atoms with Crippen LogP contribution in [0, 0.1) is 5.82 Å². The van der Waals surface area contributed by atoms with Crippen molar-refractivity contribution in [1.82, 2.24) is 4.90 Å². The molecule has 0 radical (unpaired) electrons. The molecule has 1 aromatic rings. The third-order valence-corrected chi connectivity index (χ3v) is 2.49. The fourth-order valence-electron chi connectivity index (χ4n) is 1.45. The molecule has 1 aromatic carbocycles. The van der Waals surface area contributed by atoms with E-state index in [0.29, 0.717) is 11.3 Å². The summed E-state index contributed by atoms with van der Waals surface area (Å²) in [6, 6.07) is 3.94. The molecule has 0 saturated carbocycles. The molecule has 1 atom stereocenters. The molecule has 1 unspecified atom stereocenters. The SMILES string of the molecule is CC(O)c1cc(F)ccc1OCCC(=O)N(C)C. The van der Waals surface area contributed by atoms with Gasteiger partial charge in [0.05, 0.1) is 19.1 Å². The monoisotopic (exact) mass is 255 g/mol. The van der Waals surface area contributed by atoms with E-state index in [-0.39, 0.29) is 18.9 Å². The van der Waals surface area contributed by atoms with E-state index >= 15 is 0 Å². The van der Waals surface area contributed by atoms with Crippen LogP contribution >= 0.6 is 0 Å². The Kier molecular flexibility index (Phi) is 5.09.